The molecular weight excluding hydrogens is 344 g/mol. The lowest BCUT2D eigenvalue weighted by molar-refractivity contribution is 0.0561. The molecule has 6 nitrogen and oxygen atoms in total. The van der Waals surface area contributed by atoms with Crippen molar-refractivity contribution in [2.75, 3.05) is 7.11 Å². The lowest BCUT2D eigenvalue weighted by Gasteiger charge is -2.11. The van der Waals surface area contributed by atoms with Crippen LogP contribution < -0.4 is 4.74 Å². The Morgan fingerprint density at radius 1 is 1.11 bits per heavy atom. The van der Waals surface area contributed by atoms with E-state index in [-0.39, 0.29) is 17.9 Å². The van der Waals surface area contributed by atoms with E-state index in [0.717, 1.165) is 10.8 Å². The number of benzene rings is 2. The number of methoxy groups -OCH3 is 1. The molecule has 0 saturated carbocycles. The third kappa shape index (κ3) is 3.81. The topological polar surface area (TPSA) is 96.2 Å². The molecule has 3 rings (SSSR count). The van der Waals surface area contributed by atoms with E-state index in [9.17, 15) is 4.79 Å². The van der Waals surface area contributed by atoms with Crippen molar-refractivity contribution < 1.29 is 18.7 Å². The van der Waals surface area contributed by atoms with Gasteiger partial charge in [-0.15, -0.1) is 0 Å². The average molecular weight is 358 g/mol. The monoisotopic (exact) mass is 358 g/mol. The number of carbonyl (C=O) groups excluding carboxylic acids is 1. The molecule has 3 aromatic rings. The van der Waals surface area contributed by atoms with Gasteiger partial charge in [0.05, 0.1) is 7.11 Å². The first-order chi connectivity index (χ1) is 13.2. The summed E-state index contributed by atoms with van der Waals surface area (Å²) in [5, 5.41) is 20.0. The number of hydrogen-bond acceptors (Lipinski definition) is 6. The fourth-order valence-corrected chi connectivity index (χ4v) is 2.60. The Balaban J connectivity index is 1.95. The van der Waals surface area contributed by atoms with E-state index in [1.54, 1.807) is 12.1 Å². The summed E-state index contributed by atoms with van der Waals surface area (Å²) in [6, 6.07) is 18.1. The number of nitrogens with zero attached hydrogens (tertiary/aromatic N) is 2. The summed E-state index contributed by atoms with van der Waals surface area (Å²) >= 11 is 0. The van der Waals surface area contributed by atoms with Crippen LogP contribution in [-0.2, 0) is 11.3 Å². The maximum absolute atomic E-state index is 11.5. The van der Waals surface area contributed by atoms with Crippen LogP contribution in [0.2, 0.25) is 0 Å². The van der Waals surface area contributed by atoms with Crippen molar-refractivity contribution in [1.29, 1.82) is 10.5 Å². The van der Waals surface area contributed by atoms with Crippen molar-refractivity contribution in [3.05, 3.63) is 71.2 Å². The van der Waals surface area contributed by atoms with Crippen molar-refractivity contribution in [3.63, 3.8) is 0 Å². The summed E-state index contributed by atoms with van der Waals surface area (Å²) in [5.74, 6) is 0.459. The molecule has 0 bridgehead atoms. The highest BCUT2D eigenvalue weighted by atomic mass is 16.5. The Bertz CT molecular complexity index is 1100. The quantitative estimate of drug-likeness (QED) is 0.500. The van der Waals surface area contributed by atoms with E-state index in [1.807, 2.05) is 42.5 Å². The van der Waals surface area contributed by atoms with Gasteiger partial charge in [-0.2, -0.15) is 10.5 Å². The van der Waals surface area contributed by atoms with E-state index in [0.29, 0.717) is 17.1 Å². The fourth-order valence-electron chi connectivity index (χ4n) is 2.60. The van der Waals surface area contributed by atoms with Crippen LogP contribution in [0, 0.1) is 22.7 Å². The molecule has 0 N–H and O–H groups in total. The molecular formula is C21H14N2O4. The zero-order chi connectivity index (χ0) is 19.2. The summed E-state index contributed by atoms with van der Waals surface area (Å²) in [7, 11) is 1.27. The number of fused-ring (bicyclic) bond motifs is 1. The smallest absolute Gasteiger partial charge is 0.373 e. The van der Waals surface area contributed by atoms with Gasteiger partial charge in [0.15, 0.2) is 0 Å². The maximum Gasteiger partial charge on any atom is 0.373 e. The van der Waals surface area contributed by atoms with Gasteiger partial charge in [0.1, 0.15) is 35.8 Å². The number of allylic oxidation sites excluding steroid dienone is 1. The van der Waals surface area contributed by atoms with Crippen molar-refractivity contribution in [2.24, 2.45) is 0 Å². The minimum absolute atomic E-state index is 0.0258. The molecule has 27 heavy (non-hydrogen) atoms. The summed E-state index contributed by atoms with van der Waals surface area (Å²) in [6.07, 6.45) is 1.50. The molecule has 0 atom stereocenters. The van der Waals surface area contributed by atoms with Crippen LogP contribution in [0.3, 0.4) is 0 Å². The lowest BCUT2D eigenvalue weighted by Crippen LogP contribution is -1.99. The van der Waals surface area contributed by atoms with Crippen molar-refractivity contribution in [1.82, 2.24) is 0 Å². The Kier molecular flexibility index (Phi) is 5.20. The molecule has 6 heteroatoms. The molecule has 0 unspecified atom stereocenters. The van der Waals surface area contributed by atoms with Gasteiger partial charge in [-0.05, 0) is 35.0 Å². The Hall–Kier alpha value is -4.03. The second-order valence-electron chi connectivity index (χ2n) is 5.53. The number of rotatable bonds is 5. The standard InChI is InChI=1S/C21H14N2O4/c1-25-21(24)20-9-7-16(27-20)13-26-19-8-6-15-4-2-3-5-17(15)18(19)10-14(11-22)12-23/h2-10H,13H2,1H3. The Labute approximate surface area is 155 Å². The molecule has 0 amide bonds. The predicted molar refractivity (Wildman–Crippen MR) is 97.5 cm³/mol. The number of carbonyl (C=O) groups is 1. The maximum atomic E-state index is 11.5. The van der Waals surface area contributed by atoms with E-state index < -0.39 is 5.97 Å². The van der Waals surface area contributed by atoms with Crippen LogP contribution in [0.5, 0.6) is 5.75 Å². The van der Waals surface area contributed by atoms with Crippen LogP contribution >= 0.6 is 0 Å². The number of ether oxygens (including phenoxy) is 2. The first kappa shape index (κ1) is 17.8. The number of nitriles is 2. The van der Waals surface area contributed by atoms with Gasteiger partial charge in [0, 0.05) is 5.56 Å². The number of furan rings is 1. The predicted octanol–water partition coefficient (Wildman–Crippen LogP) is 4.23. The van der Waals surface area contributed by atoms with Crippen molar-refractivity contribution in [2.45, 2.75) is 6.61 Å². The SMILES string of the molecule is COC(=O)c1ccc(COc2ccc3ccccc3c2C=C(C#N)C#N)o1. The van der Waals surface area contributed by atoms with E-state index in [1.165, 1.54) is 19.3 Å². The van der Waals surface area contributed by atoms with Crippen LogP contribution in [0.4, 0.5) is 0 Å². The van der Waals surface area contributed by atoms with Gasteiger partial charge in [-0.25, -0.2) is 4.79 Å². The largest absolute Gasteiger partial charge is 0.485 e. The molecule has 0 saturated heterocycles. The molecule has 0 aliphatic carbocycles. The summed E-state index contributed by atoms with van der Waals surface area (Å²) in [4.78, 5) is 11.5. The van der Waals surface area contributed by atoms with Crippen LogP contribution in [0.25, 0.3) is 16.8 Å². The molecule has 0 radical (unpaired) electrons. The summed E-state index contributed by atoms with van der Waals surface area (Å²) < 4.78 is 15.8. The van der Waals surface area contributed by atoms with Gasteiger partial charge in [0.25, 0.3) is 0 Å². The van der Waals surface area contributed by atoms with Crippen molar-refractivity contribution in [3.8, 4) is 17.9 Å². The van der Waals surface area contributed by atoms with Crippen LogP contribution in [0.15, 0.2) is 58.5 Å². The number of esters is 1. The van der Waals surface area contributed by atoms with E-state index in [2.05, 4.69) is 4.74 Å². The molecule has 0 fully saturated rings. The minimum atomic E-state index is -0.566. The zero-order valence-corrected chi connectivity index (χ0v) is 14.4. The first-order valence-corrected chi connectivity index (χ1v) is 7.99. The zero-order valence-electron chi connectivity index (χ0n) is 14.4. The van der Waals surface area contributed by atoms with Crippen LogP contribution in [-0.4, -0.2) is 13.1 Å². The molecule has 0 aliphatic heterocycles. The second kappa shape index (κ2) is 7.90. The van der Waals surface area contributed by atoms with Gasteiger partial charge >= 0.3 is 5.97 Å². The van der Waals surface area contributed by atoms with Crippen molar-refractivity contribution >= 4 is 22.8 Å². The minimum Gasteiger partial charge on any atom is -0.485 e. The molecule has 0 spiro atoms. The highest BCUT2D eigenvalue weighted by molar-refractivity contribution is 5.94. The highest BCUT2D eigenvalue weighted by Crippen LogP contribution is 2.31. The molecule has 132 valence electrons. The average Bonchev–Trinajstić information content (AvgIpc) is 3.19. The molecule has 1 aromatic heterocycles. The van der Waals surface area contributed by atoms with Gasteiger partial charge in [0.2, 0.25) is 5.76 Å². The second-order valence-corrected chi connectivity index (χ2v) is 5.53. The third-order valence-corrected chi connectivity index (χ3v) is 3.88. The Morgan fingerprint density at radius 3 is 2.63 bits per heavy atom. The first-order valence-electron chi connectivity index (χ1n) is 7.99. The molecule has 1 heterocycles. The Morgan fingerprint density at radius 2 is 1.89 bits per heavy atom. The van der Waals surface area contributed by atoms with Gasteiger partial charge in [-0.1, -0.05) is 30.3 Å². The number of hydrogen-bond donors (Lipinski definition) is 0. The summed E-state index contributed by atoms with van der Waals surface area (Å²) in [6.45, 7) is 0.0740. The highest BCUT2D eigenvalue weighted by Gasteiger charge is 2.13. The summed E-state index contributed by atoms with van der Waals surface area (Å²) in [5.41, 5.74) is 0.605. The van der Waals surface area contributed by atoms with E-state index in [4.69, 9.17) is 19.7 Å². The van der Waals surface area contributed by atoms with E-state index >= 15 is 0 Å². The lowest BCUT2D eigenvalue weighted by atomic mass is 10.0. The molecule has 0 aliphatic rings. The van der Waals surface area contributed by atoms with Gasteiger partial charge < -0.3 is 13.9 Å². The fraction of sp³-hybridized carbons (Fsp3) is 0.0952. The third-order valence-electron chi connectivity index (χ3n) is 3.88. The normalized spacial score (nSPS) is 9.89. The molecule has 2 aromatic carbocycles. The van der Waals surface area contributed by atoms with Crippen LogP contribution in [0.1, 0.15) is 21.9 Å². The van der Waals surface area contributed by atoms with Gasteiger partial charge in [-0.3, -0.25) is 0 Å².